The van der Waals surface area contributed by atoms with Crippen LogP contribution in [0.25, 0.3) is 11.3 Å². The Morgan fingerprint density at radius 2 is 2.00 bits per heavy atom. The summed E-state index contributed by atoms with van der Waals surface area (Å²) in [4.78, 5) is 14.4. The van der Waals surface area contributed by atoms with Crippen molar-refractivity contribution in [2.75, 3.05) is 13.1 Å². The van der Waals surface area contributed by atoms with Crippen LogP contribution < -0.4 is 0 Å². The first-order valence-corrected chi connectivity index (χ1v) is 7.98. The second-order valence-electron chi connectivity index (χ2n) is 5.93. The van der Waals surface area contributed by atoms with Gasteiger partial charge in [0.25, 0.3) is 5.91 Å². The number of alkyl halides is 2. The highest BCUT2D eigenvalue weighted by atomic mass is 19.3. The van der Waals surface area contributed by atoms with Gasteiger partial charge in [-0.15, -0.1) is 0 Å². The molecule has 2 heterocycles. The van der Waals surface area contributed by atoms with Crippen molar-refractivity contribution in [3.63, 3.8) is 0 Å². The maximum atomic E-state index is 13.6. The number of aromatic nitrogens is 2. The number of piperidine rings is 1. The molecule has 6 heteroatoms. The van der Waals surface area contributed by atoms with Crippen molar-refractivity contribution in [2.45, 2.75) is 25.2 Å². The molecule has 126 valence electrons. The van der Waals surface area contributed by atoms with E-state index in [1.54, 1.807) is 24.3 Å². The van der Waals surface area contributed by atoms with Gasteiger partial charge in [0, 0.05) is 24.2 Å². The zero-order chi connectivity index (χ0) is 17.2. The first-order chi connectivity index (χ1) is 11.5. The van der Waals surface area contributed by atoms with Crippen LogP contribution in [0.15, 0.2) is 43.0 Å². The fraction of sp³-hybridized carbons (Fsp3) is 0.333. The first kappa shape index (κ1) is 16.4. The second kappa shape index (κ2) is 6.55. The SMILES string of the molecule is C=CC(F)(F)c1cc(-c2cccc(C(=O)N3CCCCC3)c2)n[nH]1. The van der Waals surface area contributed by atoms with E-state index in [2.05, 4.69) is 16.8 Å². The maximum absolute atomic E-state index is 13.6. The number of aromatic amines is 1. The van der Waals surface area contributed by atoms with Gasteiger partial charge in [0.2, 0.25) is 0 Å². The number of H-pyrrole nitrogens is 1. The molecule has 1 saturated heterocycles. The molecule has 1 aliphatic rings. The maximum Gasteiger partial charge on any atom is 0.307 e. The van der Waals surface area contributed by atoms with Gasteiger partial charge in [-0.2, -0.15) is 13.9 Å². The molecule has 2 aromatic rings. The Kier molecular flexibility index (Phi) is 4.46. The van der Waals surface area contributed by atoms with Crippen LogP contribution in [-0.4, -0.2) is 34.1 Å². The van der Waals surface area contributed by atoms with E-state index in [9.17, 15) is 13.6 Å². The molecule has 0 radical (unpaired) electrons. The minimum atomic E-state index is -3.16. The van der Waals surface area contributed by atoms with Gasteiger partial charge in [-0.1, -0.05) is 18.7 Å². The lowest BCUT2D eigenvalue weighted by Gasteiger charge is -2.26. The summed E-state index contributed by atoms with van der Waals surface area (Å²) in [6, 6.07) is 8.22. The highest BCUT2D eigenvalue weighted by Gasteiger charge is 2.29. The molecule has 0 unspecified atom stereocenters. The van der Waals surface area contributed by atoms with Crippen molar-refractivity contribution >= 4 is 5.91 Å². The van der Waals surface area contributed by atoms with E-state index in [0.717, 1.165) is 32.4 Å². The van der Waals surface area contributed by atoms with Crippen molar-refractivity contribution < 1.29 is 13.6 Å². The number of hydrogen-bond acceptors (Lipinski definition) is 2. The van der Waals surface area contributed by atoms with Crippen LogP contribution >= 0.6 is 0 Å². The van der Waals surface area contributed by atoms with Crippen LogP contribution in [0.3, 0.4) is 0 Å². The van der Waals surface area contributed by atoms with Gasteiger partial charge >= 0.3 is 5.92 Å². The Morgan fingerprint density at radius 1 is 1.25 bits per heavy atom. The summed E-state index contributed by atoms with van der Waals surface area (Å²) < 4.78 is 27.2. The number of rotatable bonds is 4. The van der Waals surface area contributed by atoms with Gasteiger partial charge in [0.05, 0.1) is 5.69 Å². The van der Waals surface area contributed by atoms with Crippen LogP contribution in [0.2, 0.25) is 0 Å². The molecular formula is C18H19F2N3O. The van der Waals surface area contributed by atoms with Crippen LogP contribution in [0.1, 0.15) is 35.3 Å². The van der Waals surface area contributed by atoms with E-state index in [-0.39, 0.29) is 11.6 Å². The number of hydrogen-bond donors (Lipinski definition) is 1. The third-order valence-corrected chi connectivity index (χ3v) is 4.24. The highest BCUT2D eigenvalue weighted by molar-refractivity contribution is 5.95. The van der Waals surface area contributed by atoms with Crippen molar-refractivity contribution in [3.8, 4) is 11.3 Å². The minimum absolute atomic E-state index is 0.0243. The van der Waals surface area contributed by atoms with E-state index < -0.39 is 5.92 Å². The molecule has 1 N–H and O–H groups in total. The summed E-state index contributed by atoms with van der Waals surface area (Å²) in [5.41, 5.74) is 1.23. The fourth-order valence-electron chi connectivity index (χ4n) is 2.84. The quantitative estimate of drug-likeness (QED) is 0.862. The van der Waals surface area contributed by atoms with Crippen LogP contribution in [0.4, 0.5) is 8.78 Å². The Morgan fingerprint density at radius 3 is 2.71 bits per heavy atom. The van der Waals surface area contributed by atoms with E-state index in [4.69, 9.17) is 0 Å². The molecule has 1 amide bonds. The second-order valence-corrected chi connectivity index (χ2v) is 5.93. The molecule has 4 nitrogen and oxygen atoms in total. The van der Waals surface area contributed by atoms with Gasteiger partial charge in [0.1, 0.15) is 5.69 Å². The van der Waals surface area contributed by atoms with Gasteiger partial charge in [-0.05, 0) is 43.5 Å². The van der Waals surface area contributed by atoms with Gasteiger partial charge < -0.3 is 4.90 Å². The first-order valence-electron chi connectivity index (χ1n) is 7.98. The minimum Gasteiger partial charge on any atom is -0.339 e. The number of allylic oxidation sites excluding steroid dienone is 1. The lowest BCUT2D eigenvalue weighted by molar-refractivity contribution is 0.0476. The fourth-order valence-corrected chi connectivity index (χ4v) is 2.84. The number of carbonyl (C=O) groups is 1. The lowest BCUT2D eigenvalue weighted by atomic mass is 10.0. The average molecular weight is 331 g/mol. The average Bonchev–Trinajstić information content (AvgIpc) is 3.13. The summed E-state index contributed by atoms with van der Waals surface area (Å²) in [5.74, 6) is -3.18. The molecule has 3 rings (SSSR count). The number of likely N-dealkylation sites (tertiary alicyclic amines) is 1. The molecule has 0 aliphatic carbocycles. The van der Waals surface area contributed by atoms with Crippen molar-refractivity contribution in [1.29, 1.82) is 0 Å². The molecule has 0 spiro atoms. The molecule has 0 saturated carbocycles. The Bertz CT molecular complexity index is 748. The predicted molar refractivity (Wildman–Crippen MR) is 87.9 cm³/mol. The summed E-state index contributed by atoms with van der Waals surface area (Å²) in [5, 5.41) is 6.28. The van der Waals surface area contributed by atoms with E-state index >= 15 is 0 Å². The topological polar surface area (TPSA) is 49.0 Å². The van der Waals surface area contributed by atoms with Gasteiger partial charge in [0.15, 0.2) is 0 Å². The monoisotopic (exact) mass is 331 g/mol. The molecule has 1 fully saturated rings. The smallest absolute Gasteiger partial charge is 0.307 e. The summed E-state index contributed by atoms with van der Waals surface area (Å²) in [6.07, 6.45) is 3.76. The van der Waals surface area contributed by atoms with Crippen molar-refractivity contribution in [1.82, 2.24) is 15.1 Å². The molecule has 1 aromatic heterocycles. The predicted octanol–water partition coefficient (Wildman–Crippen LogP) is 3.98. The van der Waals surface area contributed by atoms with Crippen LogP contribution in [0.5, 0.6) is 0 Å². The Hall–Kier alpha value is -2.50. The number of nitrogens with one attached hydrogen (secondary N) is 1. The zero-order valence-corrected chi connectivity index (χ0v) is 13.3. The summed E-state index contributed by atoms with van der Waals surface area (Å²) in [6.45, 7) is 4.66. The molecule has 0 atom stereocenters. The van der Waals surface area contributed by atoms with Gasteiger partial charge in [-0.3, -0.25) is 9.89 Å². The van der Waals surface area contributed by atoms with E-state index in [1.807, 2.05) is 4.90 Å². The zero-order valence-electron chi connectivity index (χ0n) is 13.3. The van der Waals surface area contributed by atoms with Gasteiger partial charge in [-0.25, -0.2) is 0 Å². The van der Waals surface area contributed by atoms with E-state index in [0.29, 0.717) is 22.9 Å². The number of carbonyl (C=O) groups excluding carboxylic acids is 1. The van der Waals surface area contributed by atoms with Crippen LogP contribution in [0, 0.1) is 0 Å². The van der Waals surface area contributed by atoms with Crippen molar-refractivity contribution in [2.24, 2.45) is 0 Å². The lowest BCUT2D eigenvalue weighted by Crippen LogP contribution is -2.35. The molecule has 1 aliphatic heterocycles. The molecule has 24 heavy (non-hydrogen) atoms. The molecule has 0 bridgehead atoms. The molecular weight excluding hydrogens is 312 g/mol. The normalized spacial score (nSPS) is 15.3. The summed E-state index contributed by atoms with van der Waals surface area (Å²) in [7, 11) is 0. The Labute approximate surface area is 139 Å². The number of nitrogens with zero attached hydrogens (tertiary/aromatic N) is 2. The number of benzene rings is 1. The highest BCUT2D eigenvalue weighted by Crippen LogP contribution is 2.30. The van der Waals surface area contributed by atoms with Crippen LogP contribution in [-0.2, 0) is 5.92 Å². The third kappa shape index (κ3) is 3.22. The number of halogens is 2. The van der Waals surface area contributed by atoms with Crippen molar-refractivity contribution in [3.05, 3.63) is 54.2 Å². The number of amides is 1. The summed E-state index contributed by atoms with van der Waals surface area (Å²) >= 11 is 0. The third-order valence-electron chi connectivity index (χ3n) is 4.24. The Balaban J connectivity index is 1.85. The van der Waals surface area contributed by atoms with E-state index in [1.165, 1.54) is 6.07 Å². The standard InChI is InChI=1S/C18H19F2N3O/c1-2-18(19,20)16-12-15(21-22-16)13-7-6-8-14(11-13)17(24)23-9-4-3-5-10-23/h2,6-8,11-12H,1,3-5,9-10H2,(H,21,22). The largest absolute Gasteiger partial charge is 0.339 e. The molecule has 1 aromatic carbocycles.